The van der Waals surface area contributed by atoms with Gasteiger partial charge in [0.25, 0.3) is 0 Å². The van der Waals surface area contributed by atoms with Crippen molar-refractivity contribution in [3.05, 3.63) is 47.8 Å². The van der Waals surface area contributed by atoms with Crippen LogP contribution in [-0.4, -0.2) is 27.4 Å². The number of benzene rings is 1. The summed E-state index contributed by atoms with van der Waals surface area (Å²) in [7, 11) is 0. The van der Waals surface area contributed by atoms with E-state index in [2.05, 4.69) is 27.8 Å². The van der Waals surface area contributed by atoms with E-state index in [0.717, 1.165) is 18.7 Å². The highest BCUT2D eigenvalue weighted by Crippen LogP contribution is 2.01. The zero-order valence-electron chi connectivity index (χ0n) is 10.6. The Morgan fingerprint density at radius 3 is 2.84 bits per heavy atom. The largest absolute Gasteiger partial charge is 0.349 e. The van der Waals surface area contributed by atoms with Gasteiger partial charge in [-0.05, 0) is 12.0 Å². The standard InChI is InChI=1S/C13H17N5O/c14-8-13(19)15-9-12-10-18(17-16-12)7-6-11-4-2-1-3-5-11/h1-5,10H,6-9,14H2,(H,15,19). The van der Waals surface area contributed by atoms with E-state index < -0.39 is 0 Å². The molecule has 0 fully saturated rings. The molecule has 1 amide bonds. The molecule has 1 aromatic heterocycles. The van der Waals surface area contributed by atoms with Gasteiger partial charge >= 0.3 is 0 Å². The molecule has 0 aliphatic carbocycles. The molecule has 6 heteroatoms. The van der Waals surface area contributed by atoms with Gasteiger partial charge in [-0.25, -0.2) is 0 Å². The van der Waals surface area contributed by atoms with Gasteiger partial charge in [0.05, 0.1) is 19.3 Å². The fourth-order valence-corrected chi connectivity index (χ4v) is 1.68. The summed E-state index contributed by atoms with van der Waals surface area (Å²) in [6, 6.07) is 10.2. The maximum Gasteiger partial charge on any atom is 0.234 e. The van der Waals surface area contributed by atoms with Crippen molar-refractivity contribution in [1.82, 2.24) is 20.3 Å². The Morgan fingerprint density at radius 2 is 2.11 bits per heavy atom. The number of rotatable bonds is 6. The zero-order valence-corrected chi connectivity index (χ0v) is 10.6. The maximum absolute atomic E-state index is 11.0. The minimum absolute atomic E-state index is 0.0118. The van der Waals surface area contributed by atoms with Crippen molar-refractivity contribution >= 4 is 5.91 Å². The highest BCUT2D eigenvalue weighted by atomic mass is 16.1. The van der Waals surface area contributed by atoms with Gasteiger partial charge < -0.3 is 11.1 Å². The van der Waals surface area contributed by atoms with Gasteiger partial charge in [-0.3, -0.25) is 9.48 Å². The Morgan fingerprint density at radius 1 is 1.32 bits per heavy atom. The van der Waals surface area contributed by atoms with Crippen LogP contribution >= 0.6 is 0 Å². The second kappa shape index (κ2) is 6.65. The molecule has 0 bridgehead atoms. The molecule has 0 spiro atoms. The third kappa shape index (κ3) is 4.18. The number of nitrogens with one attached hydrogen (secondary N) is 1. The molecule has 3 N–H and O–H groups in total. The van der Waals surface area contributed by atoms with E-state index >= 15 is 0 Å². The Labute approximate surface area is 111 Å². The van der Waals surface area contributed by atoms with Crippen LogP contribution in [-0.2, 0) is 24.3 Å². The van der Waals surface area contributed by atoms with Gasteiger partial charge in [0.15, 0.2) is 0 Å². The quantitative estimate of drug-likeness (QED) is 0.770. The van der Waals surface area contributed by atoms with Crippen LogP contribution in [0.2, 0.25) is 0 Å². The third-order valence-electron chi connectivity index (χ3n) is 2.71. The van der Waals surface area contributed by atoms with E-state index in [1.807, 2.05) is 24.4 Å². The maximum atomic E-state index is 11.0. The number of carbonyl (C=O) groups is 1. The molecule has 0 aliphatic rings. The Hall–Kier alpha value is -2.21. The van der Waals surface area contributed by atoms with Crippen molar-refractivity contribution in [1.29, 1.82) is 0 Å². The molecule has 0 saturated heterocycles. The summed E-state index contributed by atoms with van der Waals surface area (Å²) >= 11 is 0. The number of nitrogens with two attached hydrogens (primary N) is 1. The Kier molecular flexibility index (Phi) is 4.63. The zero-order chi connectivity index (χ0) is 13.5. The van der Waals surface area contributed by atoms with Crippen molar-refractivity contribution in [2.45, 2.75) is 19.5 Å². The average Bonchev–Trinajstić information content (AvgIpc) is 2.91. The third-order valence-corrected chi connectivity index (χ3v) is 2.71. The summed E-state index contributed by atoms with van der Waals surface area (Å²) in [6.07, 6.45) is 2.73. The lowest BCUT2D eigenvalue weighted by molar-refractivity contribution is -0.119. The number of aromatic nitrogens is 3. The lowest BCUT2D eigenvalue weighted by atomic mass is 10.1. The van der Waals surface area contributed by atoms with Crippen LogP contribution in [0.15, 0.2) is 36.5 Å². The smallest absolute Gasteiger partial charge is 0.234 e. The lowest BCUT2D eigenvalue weighted by Gasteiger charge is -2.01. The van der Waals surface area contributed by atoms with Gasteiger partial charge in [0.1, 0.15) is 5.69 Å². The predicted molar refractivity (Wildman–Crippen MR) is 71.1 cm³/mol. The van der Waals surface area contributed by atoms with Crippen LogP contribution in [0.1, 0.15) is 11.3 Å². The van der Waals surface area contributed by atoms with Crippen molar-refractivity contribution in [3.63, 3.8) is 0 Å². The van der Waals surface area contributed by atoms with Crippen LogP contribution in [0.5, 0.6) is 0 Å². The van der Waals surface area contributed by atoms with Gasteiger partial charge in [-0.2, -0.15) is 0 Å². The molecule has 0 aliphatic heterocycles. The highest BCUT2D eigenvalue weighted by Gasteiger charge is 2.03. The second-order valence-corrected chi connectivity index (χ2v) is 4.19. The number of hydrogen-bond acceptors (Lipinski definition) is 4. The monoisotopic (exact) mass is 259 g/mol. The van der Waals surface area contributed by atoms with Gasteiger partial charge in [-0.15, -0.1) is 5.10 Å². The summed E-state index contributed by atoms with van der Waals surface area (Å²) < 4.78 is 1.77. The fourth-order valence-electron chi connectivity index (χ4n) is 1.68. The number of hydrogen-bond donors (Lipinski definition) is 2. The highest BCUT2D eigenvalue weighted by molar-refractivity contribution is 5.77. The number of amides is 1. The number of aryl methyl sites for hydroxylation is 2. The topological polar surface area (TPSA) is 85.8 Å². The van der Waals surface area contributed by atoms with Crippen molar-refractivity contribution in [2.24, 2.45) is 5.73 Å². The fraction of sp³-hybridized carbons (Fsp3) is 0.308. The normalized spacial score (nSPS) is 10.4. The second-order valence-electron chi connectivity index (χ2n) is 4.19. The van der Waals surface area contributed by atoms with E-state index in [9.17, 15) is 4.79 Å². The van der Waals surface area contributed by atoms with E-state index in [4.69, 9.17) is 5.73 Å². The first-order valence-electron chi connectivity index (χ1n) is 6.17. The van der Waals surface area contributed by atoms with E-state index in [1.165, 1.54) is 5.56 Å². The molecular formula is C13H17N5O. The molecular weight excluding hydrogens is 242 g/mol. The Balaban J connectivity index is 1.82. The van der Waals surface area contributed by atoms with Crippen LogP contribution in [0.4, 0.5) is 0 Å². The van der Waals surface area contributed by atoms with Gasteiger partial charge in [0.2, 0.25) is 5.91 Å². The summed E-state index contributed by atoms with van der Waals surface area (Å²) in [5.41, 5.74) is 7.19. The molecule has 100 valence electrons. The van der Waals surface area contributed by atoms with Gasteiger partial charge in [-0.1, -0.05) is 35.5 Å². The minimum Gasteiger partial charge on any atom is -0.349 e. The molecule has 0 unspecified atom stereocenters. The van der Waals surface area contributed by atoms with E-state index in [-0.39, 0.29) is 12.5 Å². The summed E-state index contributed by atoms with van der Waals surface area (Å²) in [5, 5.41) is 10.7. The lowest BCUT2D eigenvalue weighted by Crippen LogP contribution is -2.29. The van der Waals surface area contributed by atoms with Gasteiger partial charge in [0, 0.05) is 6.54 Å². The van der Waals surface area contributed by atoms with Crippen LogP contribution in [0.3, 0.4) is 0 Å². The molecule has 2 aromatic rings. The van der Waals surface area contributed by atoms with Crippen molar-refractivity contribution < 1.29 is 4.79 Å². The average molecular weight is 259 g/mol. The van der Waals surface area contributed by atoms with Crippen molar-refractivity contribution in [3.8, 4) is 0 Å². The van der Waals surface area contributed by atoms with Crippen molar-refractivity contribution in [2.75, 3.05) is 6.54 Å². The van der Waals surface area contributed by atoms with E-state index in [0.29, 0.717) is 6.54 Å². The molecule has 6 nitrogen and oxygen atoms in total. The summed E-state index contributed by atoms with van der Waals surface area (Å²) in [5.74, 6) is -0.196. The summed E-state index contributed by atoms with van der Waals surface area (Å²) in [4.78, 5) is 11.0. The first kappa shape index (κ1) is 13.2. The number of nitrogens with zero attached hydrogens (tertiary/aromatic N) is 3. The first-order valence-corrected chi connectivity index (χ1v) is 6.17. The molecule has 19 heavy (non-hydrogen) atoms. The van der Waals surface area contributed by atoms with Crippen LogP contribution in [0, 0.1) is 0 Å². The van der Waals surface area contributed by atoms with Crippen LogP contribution < -0.4 is 11.1 Å². The SMILES string of the molecule is NCC(=O)NCc1cn(CCc2ccccc2)nn1. The number of carbonyl (C=O) groups excluding carboxylic acids is 1. The summed E-state index contributed by atoms with van der Waals surface area (Å²) in [6.45, 7) is 1.12. The molecule has 2 rings (SSSR count). The molecule has 0 atom stereocenters. The molecule has 1 aromatic carbocycles. The Bertz CT molecular complexity index is 523. The predicted octanol–water partition coefficient (Wildman–Crippen LogP) is 0.0957. The molecule has 0 radical (unpaired) electrons. The minimum atomic E-state index is -0.196. The van der Waals surface area contributed by atoms with Crippen LogP contribution in [0.25, 0.3) is 0 Å². The molecule has 0 saturated carbocycles. The first-order chi connectivity index (χ1) is 9.28. The van der Waals surface area contributed by atoms with E-state index in [1.54, 1.807) is 4.68 Å². The molecule has 1 heterocycles.